The molecule has 0 aliphatic heterocycles. The Morgan fingerprint density at radius 3 is 1.94 bits per heavy atom. The summed E-state index contributed by atoms with van der Waals surface area (Å²) >= 11 is 18.1. The molecule has 0 bridgehead atoms. The molecule has 0 spiro atoms. The minimum Gasteiger partial charge on any atom is -0.508 e. The summed E-state index contributed by atoms with van der Waals surface area (Å²) in [4.78, 5) is 0. The maximum atomic E-state index is 9.33. The molecule has 0 aliphatic carbocycles. The van der Waals surface area contributed by atoms with Gasteiger partial charge in [0.15, 0.2) is 0 Å². The van der Waals surface area contributed by atoms with Gasteiger partial charge in [0.25, 0.3) is 0 Å². The van der Waals surface area contributed by atoms with E-state index in [1.54, 1.807) is 6.07 Å². The minimum absolute atomic E-state index is 0.0332. The van der Waals surface area contributed by atoms with Crippen LogP contribution in [-0.2, 0) is 0 Å². The van der Waals surface area contributed by atoms with Crippen molar-refractivity contribution >= 4 is 34.8 Å². The smallest absolute Gasteiger partial charge is 0.118 e. The van der Waals surface area contributed by atoms with Crippen LogP contribution in [0.15, 0.2) is 36.4 Å². The van der Waals surface area contributed by atoms with E-state index in [0.717, 1.165) is 5.56 Å². The van der Waals surface area contributed by atoms with Gasteiger partial charge >= 0.3 is 0 Å². The van der Waals surface area contributed by atoms with Crippen molar-refractivity contribution in [3.05, 3.63) is 51.5 Å². The highest BCUT2D eigenvalue weighted by Crippen LogP contribution is 2.40. The zero-order valence-corrected chi connectivity index (χ0v) is 10.3. The van der Waals surface area contributed by atoms with E-state index in [2.05, 4.69) is 0 Å². The molecule has 0 aliphatic rings. The molecule has 0 unspecified atom stereocenters. The third-order valence-corrected chi connectivity index (χ3v) is 3.10. The summed E-state index contributed by atoms with van der Waals surface area (Å²) in [5.74, 6) is 0.0332. The van der Waals surface area contributed by atoms with Crippen LogP contribution in [0.2, 0.25) is 15.1 Å². The van der Waals surface area contributed by atoms with Crippen molar-refractivity contribution in [1.29, 1.82) is 0 Å². The number of halogens is 3. The first kappa shape index (κ1) is 11.6. The minimum atomic E-state index is 0.0332. The molecule has 0 aromatic heterocycles. The van der Waals surface area contributed by atoms with Crippen molar-refractivity contribution in [3.63, 3.8) is 0 Å². The third-order valence-electron chi connectivity index (χ3n) is 2.17. The number of phenols is 1. The first-order valence-corrected chi connectivity index (χ1v) is 5.66. The van der Waals surface area contributed by atoms with E-state index in [9.17, 15) is 5.11 Å². The number of benzene rings is 2. The maximum absolute atomic E-state index is 9.33. The lowest BCUT2D eigenvalue weighted by Gasteiger charge is -2.09. The van der Waals surface area contributed by atoms with Gasteiger partial charge in [0, 0.05) is 16.1 Å². The van der Waals surface area contributed by atoms with Gasteiger partial charge in [-0.3, -0.25) is 0 Å². The Kier molecular flexibility index (Phi) is 3.29. The summed E-state index contributed by atoms with van der Waals surface area (Å²) in [7, 11) is 0. The fourth-order valence-corrected chi connectivity index (χ4v) is 2.39. The van der Waals surface area contributed by atoms with Gasteiger partial charge in [-0.1, -0.05) is 53.0 Å². The Bertz CT molecular complexity index is 515. The summed E-state index contributed by atoms with van der Waals surface area (Å²) < 4.78 is 0. The summed E-state index contributed by atoms with van der Waals surface area (Å²) in [6, 6.07) is 10.1. The second kappa shape index (κ2) is 4.54. The van der Waals surface area contributed by atoms with E-state index in [4.69, 9.17) is 34.8 Å². The molecule has 0 saturated heterocycles. The molecule has 0 atom stereocenters. The van der Waals surface area contributed by atoms with Crippen LogP contribution in [0.3, 0.4) is 0 Å². The van der Waals surface area contributed by atoms with Crippen LogP contribution < -0.4 is 0 Å². The normalized spacial score (nSPS) is 10.4. The molecule has 1 N–H and O–H groups in total. The zero-order valence-electron chi connectivity index (χ0n) is 8.05. The second-order valence-corrected chi connectivity index (χ2v) is 4.49. The van der Waals surface area contributed by atoms with E-state index in [1.165, 1.54) is 12.1 Å². The molecule has 0 heterocycles. The monoisotopic (exact) mass is 272 g/mol. The highest BCUT2D eigenvalue weighted by molar-refractivity contribution is 6.41. The van der Waals surface area contributed by atoms with Crippen LogP contribution in [-0.4, -0.2) is 5.11 Å². The van der Waals surface area contributed by atoms with Gasteiger partial charge in [-0.2, -0.15) is 0 Å². The first-order chi connectivity index (χ1) is 7.59. The van der Waals surface area contributed by atoms with Gasteiger partial charge < -0.3 is 5.11 Å². The lowest BCUT2D eigenvalue weighted by atomic mass is 10.1. The average Bonchev–Trinajstić information content (AvgIpc) is 2.19. The summed E-state index contributed by atoms with van der Waals surface area (Å²) in [5, 5.41) is 10.6. The summed E-state index contributed by atoms with van der Waals surface area (Å²) in [6.07, 6.45) is 0. The number of aromatic hydroxyl groups is 1. The fourth-order valence-electron chi connectivity index (χ4n) is 1.48. The first-order valence-electron chi connectivity index (χ1n) is 4.52. The summed E-state index contributed by atoms with van der Waals surface area (Å²) in [6.45, 7) is 0. The molecule has 0 fully saturated rings. The molecule has 0 amide bonds. The van der Waals surface area contributed by atoms with Gasteiger partial charge in [0.05, 0.1) is 10.0 Å². The predicted molar refractivity (Wildman–Crippen MR) is 68.6 cm³/mol. The molecule has 1 nitrogen and oxygen atoms in total. The number of hydrogen-bond donors (Lipinski definition) is 1. The lowest BCUT2D eigenvalue weighted by molar-refractivity contribution is 0.475. The molecule has 82 valence electrons. The largest absolute Gasteiger partial charge is 0.508 e. The molecule has 0 radical (unpaired) electrons. The van der Waals surface area contributed by atoms with E-state index in [-0.39, 0.29) is 5.75 Å². The molecular formula is C12H7Cl3O. The number of phenolic OH excluding ortho intramolecular Hbond substituents is 1. The number of hydrogen-bond acceptors (Lipinski definition) is 1. The van der Waals surface area contributed by atoms with Crippen molar-refractivity contribution in [1.82, 2.24) is 0 Å². The van der Waals surface area contributed by atoms with Gasteiger partial charge in [-0.25, -0.2) is 0 Å². The number of rotatable bonds is 1. The molecule has 2 rings (SSSR count). The quantitative estimate of drug-likeness (QED) is 0.773. The Hall–Kier alpha value is -0.890. The third kappa shape index (κ3) is 2.12. The topological polar surface area (TPSA) is 20.2 Å². The van der Waals surface area contributed by atoms with Gasteiger partial charge in [-0.05, 0) is 18.2 Å². The molecule has 16 heavy (non-hydrogen) atoms. The van der Waals surface area contributed by atoms with Crippen molar-refractivity contribution in [3.8, 4) is 16.9 Å². The van der Waals surface area contributed by atoms with Crippen LogP contribution in [0.1, 0.15) is 0 Å². The Morgan fingerprint density at radius 2 is 1.38 bits per heavy atom. The van der Waals surface area contributed by atoms with Crippen molar-refractivity contribution < 1.29 is 5.11 Å². The SMILES string of the molecule is Oc1cc(Cl)c(-c2ccccc2Cl)c(Cl)c1. The van der Waals surface area contributed by atoms with Gasteiger partial charge in [0.2, 0.25) is 0 Å². The van der Waals surface area contributed by atoms with Gasteiger partial charge in [-0.15, -0.1) is 0 Å². The van der Waals surface area contributed by atoms with Crippen LogP contribution >= 0.6 is 34.8 Å². The average molecular weight is 274 g/mol. The Balaban J connectivity index is 2.70. The van der Waals surface area contributed by atoms with Crippen LogP contribution in [0, 0.1) is 0 Å². The molecular weight excluding hydrogens is 266 g/mol. The zero-order chi connectivity index (χ0) is 11.7. The van der Waals surface area contributed by atoms with E-state index < -0.39 is 0 Å². The van der Waals surface area contributed by atoms with Crippen LogP contribution in [0.5, 0.6) is 5.75 Å². The van der Waals surface area contributed by atoms with E-state index in [0.29, 0.717) is 20.6 Å². The van der Waals surface area contributed by atoms with E-state index >= 15 is 0 Å². The summed E-state index contributed by atoms with van der Waals surface area (Å²) in [5.41, 5.74) is 1.38. The second-order valence-electron chi connectivity index (χ2n) is 3.26. The van der Waals surface area contributed by atoms with Crippen LogP contribution in [0.4, 0.5) is 0 Å². The van der Waals surface area contributed by atoms with Crippen molar-refractivity contribution in [2.24, 2.45) is 0 Å². The molecule has 0 saturated carbocycles. The fraction of sp³-hybridized carbons (Fsp3) is 0. The molecule has 2 aromatic rings. The highest BCUT2D eigenvalue weighted by atomic mass is 35.5. The molecule has 2 aromatic carbocycles. The predicted octanol–water partition coefficient (Wildman–Crippen LogP) is 5.02. The maximum Gasteiger partial charge on any atom is 0.118 e. The highest BCUT2D eigenvalue weighted by Gasteiger charge is 2.12. The van der Waals surface area contributed by atoms with Crippen LogP contribution in [0.25, 0.3) is 11.1 Å². The van der Waals surface area contributed by atoms with E-state index in [1.807, 2.05) is 18.2 Å². The lowest BCUT2D eigenvalue weighted by Crippen LogP contribution is -1.83. The molecule has 4 heteroatoms. The van der Waals surface area contributed by atoms with Gasteiger partial charge in [0.1, 0.15) is 5.75 Å². The van der Waals surface area contributed by atoms with Crippen molar-refractivity contribution in [2.75, 3.05) is 0 Å². The Morgan fingerprint density at radius 1 is 0.812 bits per heavy atom. The Labute approximate surface area is 108 Å². The van der Waals surface area contributed by atoms with Crippen molar-refractivity contribution in [2.45, 2.75) is 0 Å². The standard InChI is InChI=1S/C12H7Cl3O/c13-9-4-2-1-3-8(9)12-10(14)5-7(16)6-11(12)15/h1-6,16H.